The molecule has 2 N–H and O–H groups in total. The number of ether oxygens (including phenoxy) is 2. The van der Waals surface area contributed by atoms with Crippen LogP contribution >= 0.6 is 24.0 Å². The highest BCUT2D eigenvalue weighted by atomic mass is 127. The van der Waals surface area contributed by atoms with E-state index in [0.717, 1.165) is 32.1 Å². The zero-order valence-corrected chi connectivity index (χ0v) is 13.0. The molecule has 0 spiro atoms. The van der Waals surface area contributed by atoms with Crippen LogP contribution < -0.4 is 10.6 Å². The molecule has 102 valence electrons. The lowest BCUT2D eigenvalue weighted by Crippen LogP contribution is -2.39. The monoisotopic (exact) mass is 357 g/mol. The average molecular weight is 357 g/mol. The van der Waals surface area contributed by atoms with Gasteiger partial charge in [-0.15, -0.1) is 24.0 Å². The molecule has 0 saturated carbocycles. The minimum atomic E-state index is 0. The molecule has 0 aromatic carbocycles. The van der Waals surface area contributed by atoms with E-state index in [-0.39, 0.29) is 24.0 Å². The lowest BCUT2D eigenvalue weighted by molar-refractivity contribution is 0.105. The normalized spacial score (nSPS) is 19.9. The molecule has 0 aromatic heterocycles. The Bertz CT molecular complexity index is 209. The Kier molecular flexibility index (Phi) is 11.0. The molecule has 0 bridgehead atoms. The van der Waals surface area contributed by atoms with Gasteiger partial charge >= 0.3 is 0 Å². The molecule has 1 fully saturated rings. The van der Waals surface area contributed by atoms with Crippen LogP contribution in [0.5, 0.6) is 0 Å². The lowest BCUT2D eigenvalue weighted by atomic mass is 10.2. The Balaban J connectivity index is 0.00000256. The summed E-state index contributed by atoms with van der Waals surface area (Å²) in [6, 6.07) is 0. The maximum Gasteiger partial charge on any atom is 0.191 e. The van der Waals surface area contributed by atoms with Crippen LogP contribution in [0.1, 0.15) is 19.3 Å². The Morgan fingerprint density at radius 3 is 2.76 bits per heavy atom. The first-order chi connectivity index (χ1) is 7.86. The molecule has 0 aromatic rings. The molecule has 0 amide bonds. The van der Waals surface area contributed by atoms with E-state index >= 15 is 0 Å². The Morgan fingerprint density at radius 2 is 2.18 bits per heavy atom. The van der Waals surface area contributed by atoms with Crippen LogP contribution in [0.3, 0.4) is 0 Å². The third kappa shape index (κ3) is 7.77. The number of aliphatic imine (C=N–C) groups is 1. The molecule has 1 aliphatic rings. The molecule has 17 heavy (non-hydrogen) atoms. The van der Waals surface area contributed by atoms with Gasteiger partial charge in [0.25, 0.3) is 0 Å². The van der Waals surface area contributed by atoms with Crippen molar-refractivity contribution >= 4 is 29.9 Å². The molecular weight excluding hydrogens is 333 g/mol. The lowest BCUT2D eigenvalue weighted by Gasteiger charge is -2.13. The van der Waals surface area contributed by atoms with Gasteiger partial charge in [0.2, 0.25) is 0 Å². The third-order valence-corrected chi connectivity index (χ3v) is 2.60. The largest absolute Gasteiger partial charge is 0.383 e. The minimum absolute atomic E-state index is 0. The maximum atomic E-state index is 5.55. The fourth-order valence-corrected chi connectivity index (χ4v) is 1.72. The van der Waals surface area contributed by atoms with E-state index in [9.17, 15) is 0 Å². The van der Waals surface area contributed by atoms with Crippen molar-refractivity contribution in [2.45, 2.75) is 25.4 Å². The van der Waals surface area contributed by atoms with E-state index < -0.39 is 0 Å². The van der Waals surface area contributed by atoms with Gasteiger partial charge in [0, 0.05) is 33.9 Å². The minimum Gasteiger partial charge on any atom is -0.383 e. The molecule has 1 unspecified atom stereocenters. The summed E-state index contributed by atoms with van der Waals surface area (Å²) < 4.78 is 10.5. The van der Waals surface area contributed by atoms with Gasteiger partial charge in [-0.3, -0.25) is 4.99 Å². The first kappa shape index (κ1) is 16.9. The summed E-state index contributed by atoms with van der Waals surface area (Å²) in [5.41, 5.74) is 0. The molecular formula is C11H24IN3O2. The van der Waals surface area contributed by atoms with E-state index in [2.05, 4.69) is 15.6 Å². The predicted octanol–water partition coefficient (Wildman–Crippen LogP) is 0.985. The van der Waals surface area contributed by atoms with Gasteiger partial charge in [-0.05, 0) is 19.3 Å². The van der Waals surface area contributed by atoms with Crippen molar-refractivity contribution in [3.05, 3.63) is 0 Å². The molecule has 6 heteroatoms. The molecule has 0 aliphatic carbocycles. The summed E-state index contributed by atoms with van der Waals surface area (Å²) in [6.45, 7) is 3.28. The van der Waals surface area contributed by atoms with Crippen LogP contribution in [0.25, 0.3) is 0 Å². The van der Waals surface area contributed by atoms with Gasteiger partial charge < -0.3 is 20.1 Å². The van der Waals surface area contributed by atoms with E-state index in [1.54, 1.807) is 14.2 Å². The second-order valence-corrected chi connectivity index (χ2v) is 3.84. The Morgan fingerprint density at radius 1 is 1.41 bits per heavy atom. The van der Waals surface area contributed by atoms with Gasteiger partial charge in [0.1, 0.15) is 0 Å². The topological polar surface area (TPSA) is 54.9 Å². The molecule has 1 rings (SSSR count). The number of hydrogen-bond donors (Lipinski definition) is 2. The van der Waals surface area contributed by atoms with Gasteiger partial charge in [0.15, 0.2) is 5.96 Å². The Labute approximate surface area is 121 Å². The molecule has 5 nitrogen and oxygen atoms in total. The SMILES string of the molecule is CN=C(NCCOC)NCCC1CCCO1.I. The fourth-order valence-electron chi connectivity index (χ4n) is 1.72. The number of nitrogens with one attached hydrogen (secondary N) is 2. The average Bonchev–Trinajstić information content (AvgIpc) is 2.80. The van der Waals surface area contributed by atoms with Crippen molar-refractivity contribution in [2.75, 3.05) is 40.5 Å². The molecule has 1 heterocycles. The maximum absolute atomic E-state index is 5.55. The van der Waals surface area contributed by atoms with Crippen molar-refractivity contribution in [2.24, 2.45) is 4.99 Å². The summed E-state index contributed by atoms with van der Waals surface area (Å²) in [5, 5.41) is 6.43. The zero-order valence-electron chi connectivity index (χ0n) is 10.7. The highest BCUT2D eigenvalue weighted by Crippen LogP contribution is 2.14. The summed E-state index contributed by atoms with van der Waals surface area (Å²) in [6.07, 6.45) is 3.87. The van der Waals surface area contributed by atoms with Crippen LogP contribution in [0.15, 0.2) is 4.99 Å². The van der Waals surface area contributed by atoms with Crippen molar-refractivity contribution < 1.29 is 9.47 Å². The number of guanidine groups is 1. The van der Waals surface area contributed by atoms with Crippen molar-refractivity contribution in [3.8, 4) is 0 Å². The Hall–Kier alpha value is -0.0800. The molecule has 1 saturated heterocycles. The number of halogens is 1. The second-order valence-electron chi connectivity index (χ2n) is 3.84. The third-order valence-electron chi connectivity index (χ3n) is 2.60. The first-order valence-electron chi connectivity index (χ1n) is 5.92. The van der Waals surface area contributed by atoms with Crippen molar-refractivity contribution in [1.82, 2.24) is 10.6 Å². The van der Waals surface area contributed by atoms with E-state index in [1.165, 1.54) is 12.8 Å². The molecule has 1 aliphatic heterocycles. The van der Waals surface area contributed by atoms with E-state index in [0.29, 0.717) is 12.7 Å². The van der Waals surface area contributed by atoms with Crippen LogP contribution in [-0.2, 0) is 9.47 Å². The van der Waals surface area contributed by atoms with Crippen LogP contribution in [0.2, 0.25) is 0 Å². The first-order valence-corrected chi connectivity index (χ1v) is 5.92. The highest BCUT2D eigenvalue weighted by Gasteiger charge is 2.14. The smallest absolute Gasteiger partial charge is 0.191 e. The second kappa shape index (κ2) is 11.0. The summed E-state index contributed by atoms with van der Waals surface area (Å²) in [7, 11) is 3.46. The van der Waals surface area contributed by atoms with Crippen LogP contribution in [0, 0.1) is 0 Å². The number of hydrogen-bond acceptors (Lipinski definition) is 3. The van der Waals surface area contributed by atoms with Crippen LogP contribution in [-0.4, -0.2) is 52.5 Å². The van der Waals surface area contributed by atoms with Gasteiger partial charge in [-0.2, -0.15) is 0 Å². The number of methoxy groups -OCH3 is 1. The molecule has 1 atom stereocenters. The van der Waals surface area contributed by atoms with Crippen molar-refractivity contribution in [1.29, 1.82) is 0 Å². The standard InChI is InChI=1S/C11H23N3O2.HI/c1-12-11(14-7-9-15-2)13-6-5-10-4-3-8-16-10;/h10H,3-9H2,1-2H3,(H2,12,13,14);1H. The summed E-state index contributed by atoms with van der Waals surface area (Å²) in [5.74, 6) is 0.829. The summed E-state index contributed by atoms with van der Waals surface area (Å²) >= 11 is 0. The van der Waals surface area contributed by atoms with E-state index in [1.807, 2.05) is 0 Å². The molecule has 0 radical (unpaired) electrons. The predicted molar refractivity (Wildman–Crippen MR) is 80.2 cm³/mol. The fraction of sp³-hybridized carbons (Fsp3) is 0.909. The van der Waals surface area contributed by atoms with E-state index in [4.69, 9.17) is 9.47 Å². The summed E-state index contributed by atoms with van der Waals surface area (Å²) in [4.78, 5) is 4.12. The zero-order chi connectivity index (χ0) is 11.6. The van der Waals surface area contributed by atoms with Crippen molar-refractivity contribution in [3.63, 3.8) is 0 Å². The quantitative estimate of drug-likeness (QED) is 0.322. The van der Waals surface area contributed by atoms with Crippen LogP contribution in [0.4, 0.5) is 0 Å². The van der Waals surface area contributed by atoms with Gasteiger partial charge in [-0.25, -0.2) is 0 Å². The highest BCUT2D eigenvalue weighted by molar-refractivity contribution is 14.0. The number of rotatable bonds is 6. The number of nitrogens with zero attached hydrogens (tertiary/aromatic N) is 1. The van der Waals surface area contributed by atoms with Gasteiger partial charge in [0.05, 0.1) is 12.7 Å². The van der Waals surface area contributed by atoms with Gasteiger partial charge in [-0.1, -0.05) is 0 Å².